The molecule has 2 saturated heterocycles. The van der Waals surface area contributed by atoms with E-state index >= 15 is 0 Å². The zero-order valence-corrected chi connectivity index (χ0v) is 16.4. The summed E-state index contributed by atoms with van der Waals surface area (Å²) >= 11 is 0. The number of H-pyrrole nitrogens is 1. The Morgan fingerprint density at radius 1 is 1.21 bits per heavy atom. The van der Waals surface area contributed by atoms with Crippen molar-refractivity contribution in [2.24, 2.45) is 0 Å². The molecule has 8 heteroatoms. The maximum atomic E-state index is 12.8. The van der Waals surface area contributed by atoms with Gasteiger partial charge in [0, 0.05) is 43.4 Å². The van der Waals surface area contributed by atoms with Crippen molar-refractivity contribution in [1.82, 2.24) is 15.0 Å². The zero-order valence-electron chi connectivity index (χ0n) is 16.4. The van der Waals surface area contributed by atoms with E-state index in [0.717, 1.165) is 68.9 Å². The van der Waals surface area contributed by atoms with Gasteiger partial charge < -0.3 is 14.5 Å². The second-order valence-corrected chi connectivity index (χ2v) is 8.14. The van der Waals surface area contributed by atoms with Crippen molar-refractivity contribution in [2.45, 2.75) is 31.1 Å². The average Bonchev–Trinajstić information content (AvgIpc) is 3.12. The summed E-state index contributed by atoms with van der Waals surface area (Å²) in [6.07, 6.45) is 5.42. The Morgan fingerprint density at radius 3 is 2.90 bits per heavy atom. The predicted octanol–water partition coefficient (Wildman–Crippen LogP) is 1.36. The average molecular weight is 392 g/mol. The van der Waals surface area contributed by atoms with Crippen molar-refractivity contribution >= 4 is 11.8 Å². The van der Waals surface area contributed by atoms with E-state index in [2.05, 4.69) is 25.8 Å². The van der Waals surface area contributed by atoms with E-state index in [4.69, 9.17) is 9.72 Å². The van der Waals surface area contributed by atoms with E-state index in [1.807, 2.05) is 6.07 Å². The lowest BCUT2D eigenvalue weighted by Crippen LogP contribution is -2.46. The highest BCUT2D eigenvalue weighted by atomic mass is 16.5. The Morgan fingerprint density at radius 2 is 2.07 bits per heavy atom. The van der Waals surface area contributed by atoms with Crippen LogP contribution in [0.3, 0.4) is 0 Å². The summed E-state index contributed by atoms with van der Waals surface area (Å²) in [7, 11) is 0. The van der Waals surface area contributed by atoms with Gasteiger partial charge in [-0.1, -0.05) is 0 Å². The first-order valence-corrected chi connectivity index (χ1v) is 10.3. The van der Waals surface area contributed by atoms with Crippen molar-refractivity contribution in [3.05, 3.63) is 45.5 Å². The molecule has 0 bridgehead atoms. The smallest absolute Gasteiger partial charge is 0.255 e. The molecule has 0 saturated carbocycles. The standard InChI is InChI=1S/C21H24N6O2/c22-13-15-3-6-23-17(12-15)27-7-1-4-21(14-27)5-2-16-18(21)24-20(25-19(16)28)26-8-10-29-11-9-26/h3,6,12H,1-2,4-5,7-11,14H2,(H,24,25,28). The van der Waals surface area contributed by atoms with Gasteiger partial charge in [0.25, 0.3) is 5.56 Å². The number of nitrogens with one attached hydrogen (secondary N) is 1. The Bertz CT molecular complexity index is 1020. The number of aromatic nitrogens is 3. The number of aromatic amines is 1. The molecule has 2 aromatic rings. The molecule has 2 aromatic heterocycles. The molecule has 1 aliphatic carbocycles. The summed E-state index contributed by atoms with van der Waals surface area (Å²) in [5.74, 6) is 1.50. The lowest BCUT2D eigenvalue weighted by molar-refractivity contribution is 0.122. The van der Waals surface area contributed by atoms with Gasteiger partial charge in [-0.25, -0.2) is 9.97 Å². The Labute approximate surface area is 169 Å². The van der Waals surface area contributed by atoms with Crippen molar-refractivity contribution in [3.8, 4) is 6.07 Å². The number of fused-ring (bicyclic) bond motifs is 2. The number of morpholine rings is 1. The second kappa shape index (κ2) is 7.16. The van der Waals surface area contributed by atoms with Gasteiger partial charge in [-0.15, -0.1) is 0 Å². The zero-order chi connectivity index (χ0) is 19.8. The highest BCUT2D eigenvalue weighted by Crippen LogP contribution is 2.44. The molecule has 0 aromatic carbocycles. The highest BCUT2D eigenvalue weighted by Gasteiger charge is 2.45. The van der Waals surface area contributed by atoms with Crippen LogP contribution in [0.1, 0.15) is 36.1 Å². The minimum Gasteiger partial charge on any atom is -0.378 e. The summed E-state index contributed by atoms with van der Waals surface area (Å²) in [5.41, 5.74) is 2.28. The van der Waals surface area contributed by atoms with Crippen molar-refractivity contribution < 1.29 is 4.74 Å². The summed E-state index contributed by atoms with van der Waals surface area (Å²) in [6.45, 7) is 4.47. The molecule has 3 aliphatic rings. The fraction of sp³-hybridized carbons (Fsp3) is 0.524. The molecule has 1 spiro atoms. The first-order valence-electron chi connectivity index (χ1n) is 10.3. The van der Waals surface area contributed by atoms with Crippen molar-refractivity contribution in [3.63, 3.8) is 0 Å². The Balaban J connectivity index is 1.50. The van der Waals surface area contributed by atoms with E-state index < -0.39 is 0 Å². The van der Waals surface area contributed by atoms with Crippen LogP contribution in [0, 0.1) is 11.3 Å². The predicted molar refractivity (Wildman–Crippen MR) is 108 cm³/mol. The first kappa shape index (κ1) is 18.1. The number of hydrogen-bond acceptors (Lipinski definition) is 7. The summed E-state index contributed by atoms with van der Waals surface area (Å²) in [4.78, 5) is 29.7. The molecule has 2 fully saturated rings. The lowest BCUT2D eigenvalue weighted by Gasteiger charge is -2.41. The Hall–Kier alpha value is -2.92. The third-order valence-electron chi connectivity index (χ3n) is 6.44. The SMILES string of the molecule is N#Cc1ccnc(N2CCCC3(CCc4c3nc(N3CCOCC3)[nH]c4=O)C2)c1. The highest BCUT2D eigenvalue weighted by molar-refractivity contribution is 5.48. The van der Waals surface area contributed by atoms with Crippen LogP contribution in [-0.2, 0) is 16.6 Å². The van der Waals surface area contributed by atoms with E-state index in [-0.39, 0.29) is 11.0 Å². The second-order valence-electron chi connectivity index (χ2n) is 8.14. The van der Waals surface area contributed by atoms with Gasteiger partial charge in [-0.3, -0.25) is 9.78 Å². The quantitative estimate of drug-likeness (QED) is 0.824. The largest absolute Gasteiger partial charge is 0.378 e. The number of pyridine rings is 1. The van der Waals surface area contributed by atoms with Crippen LogP contribution in [0.25, 0.3) is 0 Å². The fourth-order valence-electron chi connectivity index (χ4n) is 4.95. The summed E-state index contributed by atoms with van der Waals surface area (Å²) in [6, 6.07) is 5.77. The molecule has 0 radical (unpaired) electrons. The van der Waals surface area contributed by atoms with Gasteiger partial charge in [0.1, 0.15) is 5.82 Å². The Kier molecular flexibility index (Phi) is 4.47. The lowest BCUT2D eigenvalue weighted by atomic mass is 9.77. The van der Waals surface area contributed by atoms with Gasteiger partial charge in [-0.05, 0) is 37.8 Å². The van der Waals surface area contributed by atoms with Crippen LogP contribution in [-0.4, -0.2) is 54.3 Å². The maximum Gasteiger partial charge on any atom is 0.255 e. The summed E-state index contributed by atoms with van der Waals surface area (Å²) in [5, 5.41) is 9.22. The number of piperidine rings is 1. The van der Waals surface area contributed by atoms with E-state index in [1.54, 1.807) is 12.3 Å². The molecule has 0 amide bonds. The third-order valence-corrected chi connectivity index (χ3v) is 6.44. The van der Waals surface area contributed by atoms with E-state index in [0.29, 0.717) is 24.7 Å². The van der Waals surface area contributed by atoms with Crippen LogP contribution in [0.4, 0.5) is 11.8 Å². The number of hydrogen-bond donors (Lipinski definition) is 1. The third kappa shape index (κ3) is 3.15. The maximum absolute atomic E-state index is 12.8. The van der Waals surface area contributed by atoms with Gasteiger partial charge in [0.15, 0.2) is 0 Å². The molecule has 5 rings (SSSR count). The minimum absolute atomic E-state index is 0.00454. The monoisotopic (exact) mass is 392 g/mol. The number of ether oxygens (including phenoxy) is 1. The molecule has 4 heterocycles. The molecular formula is C21H24N6O2. The molecule has 2 aliphatic heterocycles. The van der Waals surface area contributed by atoms with Crippen molar-refractivity contribution in [1.29, 1.82) is 5.26 Å². The van der Waals surface area contributed by atoms with Crippen LogP contribution in [0.2, 0.25) is 0 Å². The van der Waals surface area contributed by atoms with Crippen LogP contribution < -0.4 is 15.4 Å². The van der Waals surface area contributed by atoms with Gasteiger partial charge in [-0.2, -0.15) is 5.26 Å². The molecule has 8 nitrogen and oxygen atoms in total. The van der Waals surface area contributed by atoms with Crippen molar-refractivity contribution in [2.75, 3.05) is 49.2 Å². The summed E-state index contributed by atoms with van der Waals surface area (Å²) < 4.78 is 5.44. The minimum atomic E-state index is -0.132. The molecular weight excluding hydrogens is 368 g/mol. The number of rotatable bonds is 2. The number of nitriles is 1. The molecule has 1 unspecified atom stereocenters. The topological polar surface area (TPSA) is 98.1 Å². The normalized spacial score (nSPS) is 23.8. The van der Waals surface area contributed by atoms with Gasteiger partial charge >= 0.3 is 0 Å². The van der Waals surface area contributed by atoms with E-state index in [1.165, 1.54) is 0 Å². The number of nitrogens with zero attached hydrogens (tertiary/aromatic N) is 5. The van der Waals surface area contributed by atoms with Gasteiger partial charge in [0.2, 0.25) is 5.95 Å². The van der Waals surface area contributed by atoms with Crippen LogP contribution >= 0.6 is 0 Å². The number of anilines is 2. The fourth-order valence-corrected chi connectivity index (χ4v) is 4.95. The van der Waals surface area contributed by atoms with Gasteiger partial charge in [0.05, 0.1) is 30.5 Å². The molecule has 1 N–H and O–H groups in total. The molecule has 150 valence electrons. The molecule has 1 atom stereocenters. The first-order chi connectivity index (χ1) is 14.2. The molecule has 29 heavy (non-hydrogen) atoms. The van der Waals surface area contributed by atoms with Crippen LogP contribution in [0.5, 0.6) is 0 Å². The van der Waals surface area contributed by atoms with Crippen LogP contribution in [0.15, 0.2) is 23.1 Å². The van der Waals surface area contributed by atoms with E-state index in [9.17, 15) is 10.1 Å².